The normalized spacial score (nSPS) is 16.6. The van der Waals surface area contributed by atoms with E-state index < -0.39 is 0 Å². The molecule has 2 unspecified atom stereocenters. The van der Waals surface area contributed by atoms with Crippen molar-refractivity contribution in [3.63, 3.8) is 0 Å². The number of rotatable bonds is 13. The first-order valence-electron chi connectivity index (χ1n) is 16.8. The molecule has 2 aromatic heterocycles. The number of halogens is 1. The summed E-state index contributed by atoms with van der Waals surface area (Å²) < 4.78 is 32.7. The number of nitrogens with zero attached hydrogens (tertiary/aromatic N) is 3. The minimum Gasteiger partial charge on any atom is -0.498 e. The number of hydrogen-bond acceptors (Lipinski definition) is 3. The molecule has 1 aliphatic heterocycles. The van der Waals surface area contributed by atoms with E-state index in [2.05, 4.69) is 97.8 Å². The Morgan fingerprint density at radius 3 is 2.48 bits per heavy atom. The number of aryl methyl sites for hydroxylation is 1. The SMILES string of the molecule is C=Cc1ccc(CCC(=CC(C)OC)OCCC2n3c4cccc(F)c4[n+]4c(C(C)C)nc5cccc(c5c34)C2(CC)CC)cc1. The van der Waals surface area contributed by atoms with E-state index in [-0.39, 0.29) is 29.3 Å². The second-order valence-electron chi connectivity index (χ2n) is 13.0. The fourth-order valence-electron chi connectivity index (χ4n) is 7.72. The summed E-state index contributed by atoms with van der Waals surface area (Å²) in [4.78, 5) is 5.17. The van der Waals surface area contributed by atoms with Gasteiger partial charge < -0.3 is 9.47 Å². The topological polar surface area (TPSA) is 40.4 Å². The molecule has 3 aromatic carbocycles. The average Bonchev–Trinajstić information content (AvgIpc) is 3.43. The average molecular weight is 621 g/mol. The van der Waals surface area contributed by atoms with Crippen molar-refractivity contribution in [3.05, 3.63) is 107 Å². The van der Waals surface area contributed by atoms with Crippen molar-refractivity contribution >= 4 is 33.7 Å². The number of methoxy groups -OCH3 is 1. The lowest BCUT2D eigenvalue weighted by molar-refractivity contribution is -0.498. The molecule has 0 saturated carbocycles. The monoisotopic (exact) mass is 620 g/mol. The number of ether oxygens (including phenoxy) is 2. The van der Waals surface area contributed by atoms with Gasteiger partial charge in [-0.1, -0.05) is 82.8 Å². The molecule has 3 heterocycles. The van der Waals surface area contributed by atoms with Crippen molar-refractivity contribution in [2.24, 2.45) is 0 Å². The molecule has 0 spiro atoms. The van der Waals surface area contributed by atoms with Gasteiger partial charge in [0.25, 0.3) is 0 Å². The molecule has 0 fully saturated rings. The van der Waals surface area contributed by atoms with E-state index in [9.17, 15) is 0 Å². The molecule has 0 aliphatic carbocycles. The molecule has 0 amide bonds. The molecule has 0 radical (unpaired) electrons. The van der Waals surface area contributed by atoms with Crippen LogP contribution in [0.25, 0.3) is 33.7 Å². The molecule has 0 bridgehead atoms. The summed E-state index contributed by atoms with van der Waals surface area (Å²) in [5.74, 6) is 1.71. The van der Waals surface area contributed by atoms with E-state index in [0.717, 1.165) is 71.3 Å². The first-order valence-corrected chi connectivity index (χ1v) is 16.8. The third-order valence-corrected chi connectivity index (χ3v) is 10.2. The smallest absolute Gasteiger partial charge is 0.246 e. The molecule has 46 heavy (non-hydrogen) atoms. The van der Waals surface area contributed by atoms with Crippen molar-refractivity contribution in [2.45, 2.75) is 90.2 Å². The molecule has 0 N–H and O–H groups in total. The van der Waals surface area contributed by atoms with Crippen LogP contribution >= 0.6 is 0 Å². The number of benzene rings is 3. The fourth-order valence-corrected chi connectivity index (χ4v) is 7.72. The second-order valence-corrected chi connectivity index (χ2v) is 13.0. The van der Waals surface area contributed by atoms with E-state index in [1.807, 2.05) is 19.1 Å². The lowest BCUT2D eigenvalue weighted by atomic mass is 9.66. The number of allylic oxidation sites excluding steroid dienone is 1. The Hall–Kier alpha value is -4.03. The number of fused-ring (bicyclic) bond motifs is 3. The van der Waals surface area contributed by atoms with Gasteiger partial charge in [-0.15, -0.1) is 4.98 Å². The summed E-state index contributed by atoms with van der Waals surface area (Å²) in [6, 6.07) is 20.6. The Bertz CT molecular complexity index is 1920. The first kappa shape index (κ1) is 31.9. The molecule has 6 heteroatoms. The van der Waals surface area contributed by atoms with Crippen molar-refractivity contribution in [1.29, 1.82) is 0 Å². The van der Waals surface area contributed by atoms with E-state index in [1.54, 1.807) is 13.2 Å². The maximum Gasteiger partial charge on any atom is 0.246 e. The molecule has 2 atom stereocenters. The Balaban J connectivity index is 1.43. The van der Waals surface area contributed by atoms with E-state index >= 15 is 4.39 Å². The molecular formula is C40H47FN3O2+. The first-order chi connectivity index (χ1) is 22.3. The maximum atomic E-state index is 15.9. The lowest BCUT2D eigenvalue weighted by Gasteiger charge is -2.42. The maximum absolute atomic E-state index is 15.9. The zero-order valence-corrected chi connectivity index (χ0v) is 28.1. The summed E-state index contributed by atoms with van der Waals surface area (Å²) in [7, 11) is 1.73. The van der Waals surface area contributed by atoms with Gasteiger partial charge in [0.1, 0.15) is 5.52 Å². The number of aromatic nitrogens is 3. The lowest BCUT2D eigenvalue weighted by Crippen LogP contribution is -2.42. The van der Waals surface area contributed by atoms with Crippen molar-refractivity contribution in [1.82, 2.24) is 9.55 Å². The van der Waals surface area contributed by atoms with Gasteiger partial charge >= 0.3 is 0 Å². The summed E-state index contributed by atoms with van der Waals surface area (Å²) in [5, 5.41) is 1.14. The third kappa shape index (κ3) is 5.30. The van der Waals surface area contributed by atoms with Crippen molar-refractivity contribution < 1.29 is 18.3 Å². The van der Waals surface area contributed by atoms with Crippen LogP contribution in [0.4, 0.5) is 4.39 Å². The summed E-state index contributed by atoms with van der Waals surface area (Å²) >= 11 is 0. The molecule has 240 valence electrons. The van der Waals surface area contributed by atoms with Crippen LogP contribution in [0.15, 0.2) is 79.1 Å². The second kappa shape index (κ2) is 13.0. The predicted octanol–water partition coefficient (Wildman–Crippen LogP) is 9.40. The molecule has 0 saturated heterocycles. The van der Waals surface area contributed by atoms with Crippen LogP contribution in [-0.2, 0) is 21.3 Å². The highest BCUT2D eigenvalue weighted by Crippen LogP contribution is 2.52. The summed E-state index contributed by atoms with van der Waals surface area (Å²) in [6.45, 7) is 15.3. The standard InChI is InChI=1S/C40H47FN3O2/c1-8-28-17-19-29(20-18-28)21-22-30(25-27(6)45-7)46-24-23-35-40(9-2,10-3)31-13-11-15-33-36(31)39-43(35)34-16-12-14-32(41)37(34)44(39)38(42-33)26(4)5/h8,11-20,25-27,35H,1,9-10,21-24H2,2-7H3/q+1. The highest BCUT2D eigenvalue weighted by Gasteiger charge is 2.48. The fraction of sp³-hybridized carbons (Fsp3) is 0.400. The van der Waals surface area contributed by atoms with Gasteiger partial charge in [0.2, 0.25) is 11.5 Å². The molecule has 5 aromatic rings. The Morgan fingerprint density at radius 1 is 1.07 bits per heavy atom. The Morgan fingerprint density at radius 2 is 1.80 bits per heavy atom. The largest absolute Gasteiger partial charge is 0.498 e. The van der Waals surface area contributed by atoms with Crippen LogP contribution in [0, 0.1) is 5.82 Å². The van der Waals surface area contributed by atoms with Gasteiger partial charge in [0, 0.05) is 31.3 Å². The third-order valence-electron chi connectivity index (χ3n) is 10.2. The molecule has 5 nitrogen and oxygen atoms in total. The van der Waals surface area contributed by atoms with Crippen molar-refractivity contribution in [3.8, 4) is 0 Å². The highest BCUT2D eigenvalue weighted by molar-refractivity contribution is 5.97. The molecule has 1 aliphatic rings. The number of hydrogen-bond donors (Lipinski definition) is 0. The van der Waals surface area contributed by atoms with Gasteiger partial charge in [-0.25, -0.2) is 4.39 Å². The van der Waals surface area contributed by atoms with E-state index in [4.69, 9.17) is 14.5 Å². The van der Waals surface area contributed by atoms with E-state index in [0.29, 0.717) is 12.1 Å². The Labute approximate surface area is 272 Å². The van der Waals surface area contributed by atoms with Crippen LogP contribution in [0.3, 0.4) is 0 Å². The number of para-hydroxylation sites is 1. The predicted molar refractivity (Wildman–Crippen MR) is 186 cm³/mol. The molecule has 6 rings (SSSR count). The van der Waals surface area contributed by atoms with Gasteiger partial charge in [-0.05, 0) is 67.2 Å². The van der Waals surface area contributed by atoms with E-state index in [1.165, 1.54) is 11.1 Å². The zero-order valence-electron chi connectivity index (χ0n) is 28.1. The molecular weight excluding hydrogens is 573 g/mol. The highest BCUT2D eigenvalue weighted by atomic mass is 19.1. The number of imidazole rings is 1. The van der Waals surface area contributed by atoms with Gasteiger partial charge in [0.05, 0.1) is 29.9 Å². The summed E-state index contributed by atoms with van der Waals surface area (Å²) in [5.41, 5.74) is 7.05. The van der Waals surface area contributed by atoms with Crippen LogP contribution in [0.2, 0.25) is 0 Å². The van der Waals surface area contributed by atoms with Crippen LogP contribution in [-0.4, -0.2) is 29.4 Å². The minimum absolute atomic E-state index is 0.0583. The van der Waals surface area contributed by atoms with Gasteiger partial charge in [-0.3, -0.25) is 4.57 Å². The van der Waals surface area contributed by atoms with Crippen LogP contribution in [0.1, 0.15) is 94.8 Å². The minimum atomic E-state index is -0.220. The van der Waals surface area contributed by atoms with Gasteiger partial charge in [-0.2, -0.15) is 4.40 Å². The zero-order chi connectivity index (χ0) is 32.6. The van der Waals surface area contributed by atoms with Crippen LogP contribution in [0.5, 0.6) is 0 Å². The van der Waals surface area contributed by atoms with Crippen LogP contribution < -0.4 is 4.40 Å². The quantitative estimate of drug-likeness (QED) is 0.0973. The van der Waals surface area contributed by atoms with Gasteiger partial charge in [0.15, 0.2) is 16.9 Å². The summed E-state index contributed by atoms with van der Waals surface area (Å²) in [6.07, 6.45) is 8.23. The Kier molecular flexibility index (Phi) is 9.02. The van der Waals surface area contributed by atoms with Crippen molar-refractivity contribution in [2.75, 3.05) is 13.7 Å².